The number of nitrogens with zero attached hydrogens (tertiary/aromatic N) is 1. The van der Waals surface area contributed by atoms with E-state index in [4.69, 9.17) is 11.6 Å². The number of carbonyl (C=O) groups is 1. The van der Waals surface area contributed by atoms with Gasteiger partial charge in [-0.05, 0) is 11.5 Å². The van der Waals surface area contributed by atoms with Crippen molar-refractivity contribution in [3.05, 3.63) is 35.9 Å². The number of rotatable bonds is 6. The van der Waals surface area contributed by atoms with Crippen molar-refractivity contribution in [1.82, 2.24) is 4.90 Å². The predicted octanol–water partition coefficient (Wildman–Crippen LogP) is 3.01. The molecular formula is C14H18ClNOS. The fraction of sp³-hybridized carbons (Fsp3) is 0.500. The fourth-order valence-corrected chi connectivity index (χ4v) is 3.24. The summed E-state index contributed by atoms with van der Waals surface area (Å²) >= 11 is 7.67. The zero-order chi connectivity index (χ0) is 12.8. The van der Waals surface area contributed by atoms with E-state index in [1.165, 1.54) is 5.56 Å². The molecule has 0 radical (unpaired) electrons. The molecular weight excluding hydrogens is 266 g/mol. The van der Waals surface area contributed by atoms with Gasteiger partial charge >= 0.3 is 0 Å². The van der Waals surface area contributed by atoms with Crippen LogP contribution in [0.2, 0.25) is 0 Å². The molecule has 0 N–H and O–H groups in total. The average molecular weight is 284 g/mol. The summed E-state index contributed by atoms with van der Waals surface area (Å²) in [6, 6.07) is 10.4. The lowest BCUT2D eigenvalue weighted by Gasteiger charge is -2.15. The van der Waals surface area contributed by atoms with Crippen LogP contribution >= 0.6 is 23.4 Å². The fourth-order valence-electron chi connectivity index (χ4n) is 2.11. The second kappa shape index (κ2) is 7.05. The van der Waals surface area contributed by atoms with E-state index in [-0.39, 0.29) is 5.91 Å². The standard InChI is InChI=1S/C14H18ClNOS/c15-9-13-8-14(17)16(10-13)6-7-18-11-12-4-2-1-3-5-12/h1-5,13H,6-11H2. The molecule has 1 aromatic rings. The molecule has 0 aromatic heterocycles. The Labute approximate surface area is 118 Å². The van der Waals surface area contributed by atoms with Crippen molar-refractivity contribution < 1.29 is 4.79 Å². The predicted molar refractivity (Wildman–Crippen MR) is 78.0 cm³/mol. The number of carbonyl (C=O) groups excluding carboxylic acids is 1. The van der Waals surface area contributed by atoms with Crippen LogP contribution in [-0.2, 0) is 10.5 Å². The van der Waals surface area contributed by atoms with Crippen LogP contribution in [0.15, 0.2) is 30.3 Å². The van der Waals surface area contributed by atoms with Gasteiger partial charge in [0.15, 0.2) is 0 Å². The molecule has 1 amide bonds. The first kappa shape index (κ1) is 13.8. The number of alkyl halides is 1. The Morgan fingerprint density at radius 3 is 2.78 bits per heavy atom. The van der Waals surface area contributed by atoms with Crippen LogP contribution in [0.25, 0.3) is 0 Å². The van der Waals surface area contributed by atoms with Gasteiger partial charge in [0.25, 0.3) is 0 Å². The van der Waals surface area contributed by atoms with Gasteiger partial charge in [0.05, 0.1) is 0 Å². The second-order valence-corrected chi connectivity index (χ2v) is 6.02. The minimum absolute atomic E-state index is 0.265. The number of hydrogen-bond donors (Lipinski definition) is 0. The third-order valence-electron chi connectivity index (χ3n) is 3.13. The first-order valence-electron chi connectivity index (χ1n) is 6.25. The Balaban J connectivity index is 1.65. The van der Waals surface area contributed by atoms with E-state index in [0.717, 1.165) is 24.6 Å². The molecule has 0 spiro atoms. The highest BCUT2D eigenvalue weighted by Crippen LogP contribution is 2.20. The van der Waals surface area contributed by atoms with Crippen molar-refractivity contribution in [3.63, 3.8) is 0 Å². The zero-order valence-electron chi connectivity index (χ0n) is 10.3. The van der Waals surface area contributed by atoms with Gasteiger partial charge in [-0.3, -0.25) is 4.79 Å². The summed E-state index contributed by atoms with van der Waals surface area (Å²) in [5, 5.41) is 0. The summed E-state index contributed by atoms with van der Waals surface area (Å²) in [7, 11) is 0. The van der Waals surface area contributed by atoms with Crippen molar-refractivity contribution in [2.45, 2.75) is 12.2 Å². The van der Waals surface area contributed by atoms with E-state index in [9.17, 15) is 4.79 Å². The second-order valence-electron chi connectivity index (χ2n) is 4.60. The quantitative estimate of drug-likeness (QED) is 0.591. The molecule has 1 heterocycles. The van der Waals surface area contributed by atoms with Crippen molar-refractivity contribution in [1.29, 1.82) is 0 Å². The third kappa shape index (κ3) is 3.92. The molecule has 2 rings (SSSR count). The minimum atomic E-state index is 0.265. The Morgan fingerprint density at radius 2 is 2.11 bits per heavy atom. The monoisotopic (exact) mass is 283 g/mol. The summed E-state index contributed by atoms with van der Waals surface area (Å²) < 4.78 is 0. The summed E-state index contributed by atoms with van der Waals surface area (Å²) in [6.45, 7) is 1.69. The summed E-state index contributed by atoms with van der Waals surface area (Å²) in [5.74, 6) is 3.23. The van der Waals surface area contributed by atoms with Gasteiger partial charge in [-0.25, -0.2) is 0 Å². The number of halogens is 1. The van der Waals surface area contributed by atoms with E-state index in [1.807, 2.05) is 22.7 Å². The van der Waals surface area contributed by atoms with Crippen LogP contribution in [0, 0.1) is 5.92 Å². The number of thioether (sulfide) groups is 1. The molecule has 4 heteroatoms. The van der Waals surface area contributed by atoms with Crippen LogP contribution in [0.5, 0.6) is 0 Å². The number of likely N-dealkylation sites (tertiary alicyclic amines) is 1. The molecule has 0 saturated carbocycles. The van der Waals surface area contributed by atoms with Crippen LogP contribution in [0.3, 0.4) is 0 Å². The lowest BCUT2D eigenvalue weighted by molar-refractivity contribution is -0.127. The van der Waals surface area contributed by atoms with Gasteiger partial charge in [0.1, 0.15) is 0 Å². The van der Waals surface area contributed by atoms with Gasteiger partial charge in [-0.1, -0.05) is 30.3 Å². The Morgan fingerprint density at radius 1 is 1.33 bits per heavy atom. The first-order valence-corrected chi connectivity index (χ1v) is 7.94. The topological polar surface area (TPSA) is 20.3 Å². The highest BCUT2D eigenvalue weighted by molar-refractivity contribution is 7.98. The number of amides is 1. The van der Waals surface area contributed by atoms with Crippen LogP contribution in [0.1, 0.15) is 12.0 Å². The van der Waals surface area contributed by atoms with Crippen LogP contribution in [0.4, 0.5) is 0 Å². The maximum Gasteiger partial charge on any atom is 0.222 e. The largest absolute Gasteiger partial charge is 0.342 e. The van der Waals surface area contributed by atoms with Gasteiger partial charge in [0.2, 0.25) is 5.91 Å². The molecule has 98 valence electrons. The van der Waals surface area contributed by atoms with E-state index < -0.39 is 0 Å². The molecule has 18 heavy (non-hydrogen) atoms. The van der Waals surface area contributed by atoms with Gasteiger partial charge in [-0.2, -0.15) is 11.8 Å². The summed E-state index contributed by atoms with van der Waals surface area (Å²) in [4.78, 5) is 13.6. The SMILES string of the molecule is O=C1CC(CCl)CN1CCSCc1ccccc1. The molecule has 1 saturated heterocycles. The molecule has 0 bridgehead atoms. The lowest BCUT2D eigenvalue weighted by atomic mass is 10.2. The van der Waals surface area contributed by atoms with Crippen molar-refractivity contribution in [2.75, 3.05) is 24.7 Å². The van der Waals surface area contributed by atoms with Crippen molar-refractivity contribution in [2.24, 2.45) is 5.92 Å². The maximum absolute atomic E-state index is 11.7. The van der Waals surface area contributed by atoms with Crippen molar-refractivity contribution in [3.8, 4) is 0 Å². The molecule has 1 atom stereocenters. The van der Waals surface area contributed by atoms with Gasteiger partial charge in [-0.15, -0.1) is 11.6 Å². The third-order valence-corrected chi connectivity index (χ3v) is 4.58. The first-order chi connectivity index (χ1) is 8.79. The van der Waals surface area contributed by atoms with E-state index in [2.05, 4.69) is 24.3 Å². The van der Waals surface area contributed by atoms with Crippen LogP contribution in [-0.4, -0.2) is 35.5 Å². The van der Waals surface area contributed by atoms with Crippen LogP contribution < -0.4 is 0 Å². The number of benzene rings is 1. The molecule has 1 aromatic carbocycles. The Hall–Kier alpha value is -0.670. The molecule has 2 nitrogen and oxygen atoms in total. The van der Waals surface area contributed by atoms with Crippen molar-refractivity contribution >= 4 is 29.3 Å². The van der Waals surface area contributed by atoms with E-state index in [1.54, 1.807) is 0 Å². The molecule has 1 aliphatic heterocycles. The maximum atomic E-state index is 11.7. The Kier molecular flexibility index (Phi) is 5.39. The Bertz CT molecular complexity index is 385. The highest BCUT2D eigenvalue weighted by atomic mass is 35.5. The number of hydrogen-bond acceptors (Lipinski definition) is 2. The molecule has 0 aliphatic carbocycles. The molecule has 1 aliphatic rings. The zero-order valence-corrected chi connectivity index (χ0v) is 11.9. The highest BCUT2D eigenvalue weighted by Gasteiger charge is 2.28. The average Bonchev–Trinajstić information content (AvgIpc) is 2.77. The summed E-state index contributed by atoms with van der Waals surface area (Å²) in [5.41, 5.74) is 1.34. The minimum Gasteiger partial charge on any atom is -0.342 e. The molecule has 1 unspecified atom stereocenters. The van der Waals surface area contributed by atoms with E-state index in [0.29, 0.717) is 18.2 Å². The normalized spacial score (nSPS) is 19.5. The van der Waals surface area contributed by atoms with Gasteiger partial charge < -0.3 is 4.90 Å². The van der Waals surface area contributed by atoms with Gasteiger partial charge in [0, 0.05) is 36.9 Å². The summed E-state index contributed by atoms with van der Waals surface area (Å²) in [6.07, 6.45) is 0.632. The molecule has 1 fully saturated rings. The smallest absolute Gasteiger partial charge is 0.222 e. The lowest BCUT2D eigenvalue weighted by Crippen LogP contribution is -2.27. The van der Waals surface area contributed by atoms with E-state index >= 15 is 0 Å².